The second-order valence-corrected chi connectivity index (χ2v) is 5.15. The van der Waals surface area contributed by atoms with E-state index in [1.807, 2.05) is 16.8 Å². The molecule has 0 unspecified atom stereocenters. The minimum atomic E-state index is 0.304. The van der Waals surface area contributed by atoms with Gasteiger partial charge in [0.25, 0.3) is 0 Å². The Morgan fingerprint density at radius 1 is 1.35 bits per heavy atom. The molecule has 4 nitrogen and oxygen atoms in total. The predicted octanol–water partition coefficient (Wildman–Crippen LogP) is 3.11. The Morgan fingerprint density at radius 3 is 2.76 bits per heavy atom. The Balaban J connectivity index is 2.56. The van der Waals surface area contributed by atoms with E-state index in [9.17, 15) is 0 Å². The molecule has 0 saturated carbocycles. The molecule has 0 radical (unpaired) electrons. The SMILES string of the molecule is CCc1cc(Br)ccc1-n1nnnc1C(C)C. The second kappa shape index (κ2) is 4.96. The van der Waals surface area contributed by atoms with E-state index in [0.717, 1.165) is 22.4 Å². The van der Waals surface area contributed by atoms with E-state index in [0.29, 0.717) is 5.92 Å². The summed E-state index contributed by atoms with van der Waals surface area (Å²) in [6.07, 6.45) is 0.951. The monoisotopic (exact) mass is 294 g/mol. The third kappa shape index (κ3) is 2.39. The van der Waals surface area contributed by atoms with Gasteiger partial charge in [0.05, 0.1) is 5.69 Å². The number of tetrazole rings is 1. The minimum Gasteiger partial charge on any atom is -0.197 e. The Labute approximate surface area is 109 Å². The van der Waals surface area contributed by atoms with Gasteiger partial charge in [-0.05, 0) is 40.6 Å². The highest BCUT2D eigenvalue weighted by Gasteiger charge is 2.14. The van der Waals surface area contributed by atoms with Crippen LogP contribution in [0.5, 0.6) is 0 Å². The number of rotatable bonds is 3. The van der Waals surface area contributed by atoms with Crippen molar-refractivity contribution in [2.45, 2.75) is 33.1 Å². The molecule has 2 rings (SSSR count). The lowest BCUT2D eigenvalue weighted by Crippen LogP contribution is -2.07. The highest BCUT2D eigenvalue weighted by molar-refractivity contribution is 9.10. The topological polar surface area (TPSA) is 43.6 Å². The highest BCUT2D eigenvalue weighted by Crippen LogP contribution is 2.22. The first-order valence-corrected chi connectivity index (χ1v) is 6.49. The molecule has 0 N–H and O–H groups in total. The number of hydrogen-bond acceptors (Lipinski definition) is 3. The van der Waals surface area contributed by atoms with Gasteiger partial charge in [-0.15, -0.1) is 5.10 Å². The molecule has 17 heavy (non-hydrogen) atoms. The van der Waals surface area contributed by atoms with E-state index in [4.69, 9.17) is 0 Å². The molecule has 2 aromatic rings. The van der Waals surface area contributed by atoms with Crippen molar-refractivity contribution in [3.8, 4) is 5.69 Å². The van der Waals surface area contributed by atoms with Gasteiger partial charge in [-0.25, -0.2) is 0 Å². The van der Waals surface area contributed by atoms with Crippen LogP contribution in [0.2, 0.25) is 0 Å². The zero-order chi connectivity index (χ0) is 12.4. The molecular formula is C12H15BrN4. The number of aromatic nitrogens is 4. The molecule has 1 aromatic carbocycles. The Morgan fingerprint density at radius 2 is 2.12 bits per heavy atom. The number of aryl methyl sites for hydroxylation is 1. The molecular weight excluding hydrogens is 280 g/mol. The summed E-state index contributed by atoms with van der Waals surface area (Å²) < 4.78 is 2.91. The summed E-state index contributed by atoms with van der Waals surface area (Å²) in [5.41, 5.74) is 2.29. The maximum absolute atomic E-state index is 4.09. The van der Waals surface area contributed by atoms with Crippen LogP contribution >= 0.6 is 15.9 Å². The zero-order valence-electron chi connectivity index (χ0n) is 10.2. The summed E-state index contributed by atoms with van der Waals surface area (Å²) in [7, 11) is 0. The lowest BCUT2D eigenvalue weighted by atomic mass is 10.1. The van der Waals surface area contributed by atoms with E-state index in [-0.39, 0.29) is 0 Å². The molecule has 1 heterocycles. The van der Waals surface area contributed by atoms with E-state index in [1.54, 1.807) is 0 Å². The number of benzene rings is 1. The van der Waals surface area contributed by atoms with Crippen LogP contribution in [-0.2, 0) is 6.42 Å². The lowest BCUT2D eigenvalue weighted by Gasteiger charge is -2.11. The van der Waals surface area contributed by atoms with E-state index >= 15 is 0 Å². The predicted molar refractivity (Wildman–Crippen MR) is 70.3 cm³/mol. The first-order chi connectivity index (χ1) is 8.13. The van der Waals surface area contributed by atoms with Gasteiger partial charge in [0.1, 0.15) is 0 Å². The highest BCUT2D eigenvalue weighted by atomic mass is 79.9. The number of hydrogen-bond donors (Lipinski definition) is 0. The summed E-state index contributed by atoms with van der Waals surface area (Å²) in [4.78, 5) is 0. The molecule has 0 amide bonds. The van der Waals surface area contributed by atoms with Crippen molar-refractivity contribution in [3.63, 3.8) is 0 Å². The lowest BCUT2D eigenvalue weighted by molar-refractivity contribution is 0.705. The van der Waals surface area contributed by atoms with Crippen LogP contribution in [0.15, 0.2) is 22.7 Å². The van der Waals surface area contributed by atoms with Crippen LogP contribution < -0.4 is 0 Å². The molecule has 0 bridgehead atoms. The van der Waals surface area contributed by atoms with Crippen molar-refractivity contribution in [2.24, 2.45) is 0 Å². The first kappa shape index (κ1) is 12.2. The van der Waals surface area contributed by atoms with Crippen molar-refractivity contribution >= 4 is 15.9 Å². The largest absolute Gasteiger partial charge is 0.197 e. The van der Waals surface area contributed by atoms with Gasteiger partial charge >= 0.3 is 0 Å². The van der Waals surface area contributed by atoms with Gasteiger partial charge in [-0.3, -0.25) is 0 Å². The normalized spacial score (nSPS) is 11.1. The maximum atomic E-state index is 4.09. The van der Waals surface area contributed by atoms with Gasteiger partial charge in [-0.1, -0.05) is 36.7 Å². The van der Waals surface area contributed by atoms with Gasteiger partial charge in [-0.2, -0.15) is 4.68 Å². The summed E-state index contributed by atoms with van der Waals surface area (Å²) in [6.45, 7) is 6.31. The van der Waals surface area contributed by atoms with Crippen LogP contribution in [0, 0.1) is 0 Å². The fourth-order valence-corrected chi connectivity index (χ4v) is 2.18. The molecule has 0 saturated heterocycles. The minimum absolute atomic E-state index is 0.304. The summed E-state index contributed by atoms with van der Waals surface area (Å²) >= 11 is 3.49. The molecule has 0 spiro atoms. The van der Waals surface area contributed by atoms with E-state index in [2.05, 4.69) is 58.3 Å². The standard InChI is InChI=1S/C12H15BrN4/c1-4-9-7-10(13)5-6-11(9)17-12(8(2)3)14-15-16-17/h5-8H,4H2,1-3H3. The van der Waals surface area contributed by atoms with Crippen LogP contribution in [0.3, 0.4) is 0 Å². The van der Waals surface area contributed by atoms with Crippen LogP contribution in [0.4, 0.5) is 0 Å². The fourth-order valence-electron chi connectivity index (χ4n) is 1.77. The molecule has 5 heteroatoms. The second-order valence-electron chi connectivity index (χ2n) is 4.23. The van der Waals surface area contributed by atoms with Crippen molar-refractivity contribution in [1.29, 1.82) is 0 Å². The third-order valence-corrected chi connectivity index (χ3v) is 3.15. The smallest absolute Gasteiger partial charge is 0.159 e. The fraction of sp³-hybridized carbons (Fsp3) is 0.417. The molecule has 0 aliphatic carbocycles. The molecule has 0 aliphatic rings. The van der Waals surface area contributed by atoms with Gasteiger partial charge in [0.15, 0.2) is 5.82 Å². The summed E-state index contributed by atoms with van der Waals surface area (Å²) in [5.74, 6) is 1.19. The van der Waals surface area contributed by atoms with Gasteiger partial charge in [0, 0.05) is 10.4 Å². The van der Waals surface area contributed by atoms with E-state index in [1.165, 1.54) is 5.56 Å². The molecule has 0 atom stereocenters. The molecule has 1 aromatic heterocycles. The molecule has 0 aliphatic heterocycles. The number of halogens is 1. The Hall–Kier alpha value is -1.23. The number of nitrogens with zero attached hydrogens (tertiary/aromatic N) is 4. The van der Waals surface area contributed by atoms with Crippen LogP contribution in [0.25, 0.3) is 5.69 Å². The average Bonchev–Trinajstić information content (AvgIpc) is 2.77. The average molecular weight is 295 g/mol. The Kier molecular flexibility index (Phi) is 3.57. The van der Waals surface area contributed by atoms with Crippen LogP contribution in [0.1, 0.15) is 38.1 Å². The quantitative estimate of drug-likeness (QED) is 0.874. The summed E-state index contributed by atoms with van der Waals surface area (Å²) in [5, 5.41) is 11.9. The van der Waals surface area contributed by atoms with Crippen molar-refractivity contribution in [1.82, 2.24) is 20.2 Å². The van der Waals surface area contributed by atoms with Crippen molar-refractivity contribution < 1.29 is 0 Å². The molecule has 90 valence electrons. The van der Waals surface area contributed by atoms with Gasteiger partial charge < -0.3 is 0 Å². The Bertz CT molecular complexity index is 519. The van der Waals surface area contributed by atoms with Crippen molar-refractivity contribution in [3.05, 3.63) is 34.1 Å². The zero-order valence-corrected chi connectivity index (χ0v) is 11.8. The third-order valence-electron chi connectivity index (χ3n) is 2.66. The maximum Gasteiger partial charge on any atom is 0.159 e. The van der Waals surface area contributed by atoms with E-state index < -0.39 is 0 Å². The molecule has 0 fully saturated rings. The van der Waals surface area contributed by atoms with Crippen LogP contribution in [-0.4, -0.2) is 20.2 Å². The van der Waals surface area contributed by atoms with Gasteiger partial charge in [0.2, 0.25) is 0 Å². The first-order valence-electron chi connectivity index (χ1n) is 5.70. The van der Waals surface area contributed by atoms with Crippen molar-refractivity contribution in [2.75, 3.05) is 0 Å². The summed E-state index contributed by atoms with van der Waals surface area (Å²) in [6, 6.07) is 6.17.